The number of aliphatic hydroxyl groups is 1. The molecule has 0 aromatic heterocycles. The fourth-order valence-corrected chi connectivity index (χ4v) is 5.74. The summed E-state index contributed by atoms with van der Waals surface area (Å²) in [5.41, 5.74) is -0.203. The summed E-state index contributed by atoms with van der Waals surface area (Å²) in [6, 6.07) is 5.27. The van der Waals surface area contributed by atoms with Gasteiger partial charge in [0.05, 0.1) is 18.8 Å². The van der Waals surface area contributed by atoms with Gasteiger partial charge in [0.15, 0.2) is 5.72 Å². The van der Waals surface area contributed by atoms with Crippen LogP contribution in [0.4, 0.5) is 0 Å². The zero-order valence-corrected chi connectivity index (χ0v) is 16.7. The third-order valence-corrected chi connectivity index (χ3v) is 7.36. The lowest BCUT2D eigenvalue weighted by Gasteiger charge is -2.55. The van der Waals surface area contributed by atoms with Gasteiger partial charge in [-0.2, -0.15) is 0 Å². The highest BCUT2D eigenvalue weighted by Crippen LogP contribution is 2.53. The van der Waals surface area contributed by atoms with Crippen LogP contribution in [-0.2, 0) is 4.79 Å². The number of hydrogen-bond acceptors (Lipinski definition) is 5. The summed E-state index contributed by atoms with van der Waals surface area (Å²) in [6.45, 7) is 1.28. The molecule has 2 amide bonds. The van der Waals surface area contributed by atoms with Crippen molar-refractivity contribution in [3.8, 4) is 11.5 Å². The van der Waals surface area contributed by atoms with Crippen LogP contribution < -0.4 is 14.8 Å². The van der Waals surface area contributed by atoms with Crippen molar-refractivity contribution >= 4 is 11.8 Å². The van der Waals surface area contributed by atoms with E-state index in [0.29, 0.717) is 49.4 Å². The van der Waals surface area contributed by atoms with E-state index in [1.54, 1.807) is 25.3 Å². The molecular weight excluding hydrogens is 372 g/mol. The number of ether oxygens (including phenoxy) is 2. The van der Waals surface area contributed by atoms with Gasteiger partial charge in [-0.25, -0.2) is 0 Å². The summed E-state index contributed by atoms with van der Waals surface area (Å²) < 4.78 is 11.7. The van der Waals surface area contributed by atoms with Gasteiger partial charge in [0.1, 0.15) is 11.5 Å². The van der Waals surface area contributed by atoms with Crippen LogP contribution in [0.15, 0.2) is 18.2 Å². The predicted octanol–water partition coefficient (Wildman–Crippen LogP) is 1.93. The molecule has 7 nitrogen and oxygen atoms in total. The molecule has 0 unspecified atom stereocenters. The van der Waals surface area contributed by atoms with Crippen molar-refractivity contribution in [1.82, 2.24) is 10.2 Å². The molecule has 156 valence electrons. The predicted molar refractivity (Wildman–Crippen MR) is 105 cm³/mol. The molecule has 7 heteroatoms. The van der Waals surface area contributed by atoms with Gasteiger partial charge in [-0.05, 0) is 50.2 Å². The van der Waals surface area contributed by atoms with Gasteiger partial charge < -0.3 is 24.8 Å². The zero-order valence-electron chi connectivity index (χ0n) is 16.7. The zero-order chi connectivity index (χ0) is 20.2. The number of hydrogen-bond donors (Lipinski definition) is 2. The van der Waals surface area contributed by atoms with Gasteiger partial charge in [-0.3, -0.25) is 9.59 Å². The monoisotopic (exact) mass is 400 g/mol. The molecule has 0 radical (unpaired) electrons. The fourth-order valence-electron chi connectivity index (χ4n) is 5.74. The molecule has 5 aliphatic rings. The van der Waals surface area contributed by atoms with Crippen molar-refractivity contribution in [2.45, 2.75) is 50.4 Å². The highest BCUT2D eigenvalue weighted by molar-refractivity contribution is 5.98. The number of fused-ring (bicyclic) bond motifs is 3. The standard InChI is InChI=1S/C22H28N2O5/c1-28-16-4-5-17-19(11-16)29-22(23-20(17)26)12-13-2-3-14(22)10-18(13)21(27)24-8-6-15(25)7-9-24/h4-5,11,13-15,18,25H,2-3,6-10,12H2,1H3,(H,23,26)/t13-,14+,18+,22-/m1/s1. The number of piperidine rings is 1. The lowest BCUT2D eigenvalue weighted by Crippen LogP contribution is -2.67. The molecule has 3 aliphatic carbocycles. The van der Waals surface area contributed by atoms with Crippen molar-refractivity contribution in [3.63, 3.8) is 0 Å². The van der Waals surface area contributed by atoms with Gasteiger partial charge in [0.2, 0.25) is 5.91 Å². The quantitative estimate of drug-likeness (QED) is 0.792. The minimum Gasteiger partial charge on any atom is -0.497 e. The second-order valence-corrected chi connectivity index (χ2v) is 8.94. The number of rotatable bonds is 2. The number of methoxy groups -OCH3 is 1. The Morgan fingerprint density at radius 2 is 2.07 bits per heavy atom. The number of amides is 2. The third kappa shape index (κ3) is 3.06. The Morgan fingerprint density at radius 3 is 2.76 bits per heavy atom. The molecular formula is C22H28N2O5. The third-order valence-electron chi connectivity index (χ3n) is 7.36. The van der Waals surface area contributed by atoms with Crippen LogP contribution >= 0.6 is 0 Å². The SMILES string of the molecule is COc1ccc2c(c1)O[C@@]1(C[C@H]3CC[C@H]1C[C@@H]3C(=O)N1CCC(O)CC1)NC2=O. The maximum Gasteiger partial charge on any atom is 0.258 e. The molecule has 1 spiro atoms. The highest BCUT2D eigenvalue weighted by atomic mass is 16.5. The molecule has 1 aromatic rings. The van der Waals surface area contributed by atoms with E-state index in [1.165, 1.54) is 0 Å². The summed E-state index contributed by atoms with van der Waals surface area (Å²) >= 11 is 0. The molecule has 1 aromatic carbocycles. The molecule has 2 bridgehead atoms. The van der Waals surface area contributed by atoms with Gasteiger partial charge >= 0.3 is 0 Å². The molecule has 2 heterocycles. The topological polar surface area (TPSA) is 88.1 Å². The maximum atomic E-state index is 13.2. The number of likely N-dealkylation sites (tertiary alicyclic amines) is 1. The van der Waals surface area contributed by atoms with Gasteiger partial charge in [0.25, 0.3) is 5.91 Å². The van der Waals surface area contributed by atoms with Crippen LogP contribution in [0, 0.1) is 17.8 Å². The van der Waals surface area contributed by atoms with E-state index in [9.17, 15) is 14.7 Å². The van der Waals surface area contributed by atoms with Crippen LogP contribution in [0.3, 0.4) is 0 Å². The Hall–Kier alpha value is -2.28. The Balaban J connectivity index is 1.36. The second-order valence-electron chi connectivity index (χ2n) is 8.94. The van der Waals surface area contributed by atoms with Crippen LogP contribution in [0.25, 0.3) is 0 Å². The Labute approximate surface area is 170 Å². The average molecular weight is 400 g/mol. The lowest BCUT2D eigenvalue weighted by molar-refractivity contribution is -0.157. The maximum absolute atomic E-state index is 13.2. The Morgan fingerprint density at radius 1 is 1.28 bits per heavy atom. The number of aliphatic hydroxyl groups excluding tert-OH is 1. The second kappa shape index (κ2) is 6.90. The van der Waals surface area contributed by atoms with Crippen LogP contribution in [0.5, 0.6) is 11.5 Å². The van der Waals surface area contributed by atoms with E-state index < -0.39 is 5.72 Å². The first kappa shape index (κ1) is 18.7. The first-order valence-electron chi connectivity index (χ1n) is 10.7. The number of carbonyl (C=O) groups is 2. The van der Waals surface area contributed by atoms with Gasteiger partial charge in [-0.1, -0.05) is 0 Å². The van der Waals surface area contributed by atoms with Crippen molar-refractivity contribution in [3.05, 3.63) is 23.8 Å². The first-order chi connectivity index (χ1) is 14.0. The Bertz CT molecular complexity index is 834. The van der Waals surface area contributed by atoms with E-state index in [0.717, 1.165) is 19.3 Å². The molecule has 2 N–H and O–H groups in total. The molecule has 4 fully saturated rings. The van der Waals surface area contributed by atoms with Crippen molar-refractivity contribution in [2.24, 2.45) is 17.8 Å². The normalized spacial score (nSPS) is 33.8. The van der Waals surface area contributed by atoms with E-state index in [4.69, 9.17) is 9.47 Å². The molecule has 2 aliphatic heterocycles. The summed E-state index contributed by atoms with van der Waals surface area (Å²) in [5.74, 6) is 1.62. The average Bonchev–Trinajstić information content (AvgIpc) is 2.73. The first-order valence-corrected chi connectivity index (χ1v) is 10.7. The minimum absolute atomic E-state index is 0.0122. The number of nitrogens with zero attached hydrogens (tertiary/aromatic N) is 1. The summed E-state index contributed by atoms with van der Waals surface area (Å²) in [7, 11) is 1.60. The van der Waals surface area contributed by atoms with Crippen LogP contribution in [-0.4, -0.2) is 53.8 Å². The molecule has 4 atom stereocenters. The summed E-state index contributed by atoms with van der Waals surface area (Å²) in [4.78, 5) is 27.9. The van der Waals surface area contributed by atoms with E-state index in [1.807, 2.05) is 4.90 Å². The number of nitrogens with one attached hydrogen (secondary N) is 1. The van der Waals surface area contributed by atoms with Gasteiger partial charge in [0, 0.05) is 37.4 Å². The summed E-state index contributed by atoms with van der Waals surface area (Å²) in [6.07, 6.45) is 4.38. The van der Waals surface area contributed by atoms with Crippen molar-refractivity contribution in [2.75, 3.05) is 20.2 Å². The number of carbonyl (C=O) groups excluding carboxylic acids is 2. The lowest BCUT2D eigenvalue weighted by atomic mass is 9.59. The van der Waals surface area contributed by atoms with Crippen LogP contribution in [0.2, 0.25) is 0 Å². The number of benzene rings is 1. The molecule has 29 heavy (non-hydrogen) atoms. The van der Waals surface area contributed by atoms with E-state index in [-0.39, 0.29) is 35.7 Å². The fraction of sp³-hybridized carbons (Fsp3) is 0.636. The smallest absolute Gasteiger partial charge is 0.258 e. The van der Waals surface area contributed by atoms with Gasteiger partial charge in [-0.15, -0.1) is 0 Å². The molecule has 6 rings (SSSR count). The summed E-state index contributed by atoms with van der Waals surface area (Å²) in [5, 5.41) is 12.9. The highest BCUT2D eigenvalue weighted by Gasteiger charge is 2.57. The molecule has 1 saturated heterocycles. The van der Waals surface area contributed by atoms with Crippen LogP contribution in [0.1, 0.15) is 48.9 Å². The minimum atomic E-state index is -0.728. The van der Waals surface area contributed by atoms with E-state index in [2.05, 4.69) is 5.32 Å². The van der Waals surface area contributed by atoms with E-state index >= 15 is 0 Å². The molecule has 3 saturated carbocycles. The largest absolute Gasteiger partial charge is 0.497 e. The van der Waals surface area contributed by atoms with Crippen molar-refractivity contribution in [1.29, 1.82) is 0 Å². The van der Waals surface area contributed by atoms with Crippen molar-refractivity contribution < 1.29 is 24.2 Å². The Kier molecular flexibility index (Phi) is 4.46.